The van der Waals surface area contributed by atoms with Crippen LogP contribution in [0.4, 0.5) is 11.5 Å². The Labute approximate surface area is 151 Å². The van der Waals surface area contributed by atoms with Gasteiger partial charge in [-0.2, -0.15) is 0 Å². The lowest BCUT2D eigenvalue weighted by Gasteiger charge is -2.20. The second-order valence-electron chi connectivity index (χ2n) is 5.64. The van der Waals surface area contributed by atoms with Crippen LogP contribution < -0.4 is 14.4 Å². The van der Waals surface area contributed by atoms with E-state index in [0.717, 1.165) is 11.3 Å². The van der Waals surface area contributed by atoms with Crippen LogP contribution in [0.5, 0.6) is 11.5 Å². The van der Waals surface area contributed by atoms with Gasteiger partial charge in [0.1, 0.15) is 5.82 Å². The predicted molar refractivity (Wildman–Crippen MR) is 99.4 cm³/mol. The number of aromatic nitrogens is 1. The van der Waals surface area contributed by atoms with Crippen LogP contribution in [-0.2, 0) is 4.79 Å². The van der Waals surface area contributed by atoms with E-state index in [-0.39, 0.29) is 12.7 Å². The van der Waals surface area contributed by atoms with Gasteiger partial charge in [-0.15, -0.1) is 0 Å². The second kappa shape index (κ2) is 7.11. The maximum atomic E-state index is 12.9. The molecule has 2 aromatic carbocycles. The van der Waals surface area contributed by atoms with Gasteiger partial charge >= 0.3 is 0 Å². The van der Waals surface area contributed by atoms with Crippen molar-refractivity contribution in [2.24, 2.45) is 0 Å². The Morgan fingerprint density at radius 2 is 1.77 bits per heavy atom. The van der Waals surface area contributed by atoms with E-state index in [1.807, 2.05) is 60.7 Å². The molecule has 0 bridgehead atoms. The number of carbonyl (C=O) groups excluding carboxylic acids is 1. The van der Waals surface area contributed by atoms with Gasteiger partial charge in [0.25, 0.3) is 5.91 Å². The molecule has 4 rings (SSSR count). The lowest BCUT2D eigenvalue weighted by atomic mass is 10.2. The first-order valence-corrected chi connectivity index (χ1v) is 8.19. The molecular formula is C21H16N2O3. The van der Waals surface area contributed by atoms with Gasteiger partial charge in [-0.1, -0.05) is 30.3 Å². The van der Waals surface area contributed by atoms with E-state index in [9.17, 15) is 4.79 Å². The number of nitrogens with zero attached hydrogens (tertiary/aromatic N) is 2. The SMILES string of the molecule is O=C(/C=C/c1ccc2c(c1)OCO2)N(c1ccccc1)c1ccccn1. The molecule has 0 saturated carbocycles. The smallest absolute Gasteiger partial charge is 0.256 e. The summed E-state index contributed by atoms with van der Waals surface area (Å²) in [6, 6.07) is 20.5. The number of fused-ring (bicyclic) bond motifs is 1. The Morgan fingerprint density at radius 1 is 0.962 bits per heavy atom. The maximum Gasteiger partial charge on any atom is 0.256 e. The van der Waals surface area contributed by atoms with Crippen LogP contribution in [0.25, 0.3) is 6.08 Å². The van der Waals surface area contributed by atoms with Crippen LogP contribution in [0, 0.1) is 0 Å². The van der Waals surface area contributed by atoms with E-state index in [4.69, 9.17) is 9.47 Å². The van der Waals surface area contributed by atoms with Crippen molar-refractivity contribution in [3.05, 3.63) is 84.6 Å². The van der Waals surface area contributed by atoms with Gasteiger partial charge in [0.15, 0.2) is 11.5 Å². The number of amides is 1. The summed E-state index contributed by atoms with van der Waals surface area (Å²) in [6.07, 6.45) is 4.95. The summed E-state index contributed by atoms with van der Waals surface area (Å²) in [5.41, 5.74) is 1.61. The van der Waals surface area contributed by atoms with Gasteiger partial charge in [0, 0.05) is 12.3 Å². The largest absolute Gasteiger partial charge is 0.454 e. The minimum Gasteiger partial charge on any atom is -0.454 e. The molecule has 5 heteroatoms. The highest BCUT2D eigenvalue weighted by atomic mass is 16.7. The van der Waals surface area contributed by atoms with E-state index in [1.54, 1.807) is 23.2 Å². The molecule has 0 aliphatic carbocycles. The molecule has 0 saturated heterocycles. The van der Waals surface area contributed by atoms with E-state index in [2.05, 4.69) is 4.98 Å². The predicted octanol–water partition coefficient (Wildman–Crippen LogP) is 4.19. The van der Waals surface area contributed by atoms with E-state index >= 15 is 0 Å². The minimum atomic E-state index is -0.187. The number of rotatable bonds is 4. The number of anilines is 2. The van der Waals surface area contributed by atoms with E-state index in [1.165, 1.54) is 6.08 Å². The Morgan fingerprint density at radius 3 is 2.58 bits per heavy atom. The fraction of sp³-hybridized carbons (Fsp3) is 0.0476. The normalized spacial score (nSPS) is 12.3. The zero-order chi connectivity index (χ0) is 17.8. The quantitative estimate of drug-likeness (QED) is 0.666. The van der Waals surface area contributed by atoms with Gasteiger partial charge in [-0.05, 0) is 48.0 Å². The van der Waals surface area contributed by atoms with E-state index in [0.29, 0.717) is 17.3 Å². The zero-order valence-electron chi connectivity index (χ0n) is 13.9. The summed E-state index contributed by atoms with van der Waals surface area (Å²) < 4.78 is 10.7. The van der Waals surface area contributed by atoms with Gasteiger partial charge in [0.2, 0.25) is 6.79 Å². The molecular weight excluding hydrogens is 328 g/mol. The Balaban J connectivity index is 1.62. The van der Waals surface area contributed by atoms with Crippen molar-refractivity contribution >= 4 is 23.5 Å². The summed E-state index contributed by atoms with van der Waals surface area (Å²) in [4.78, 5) is 18.8. The summed E-state index contributed by atoms with van der Waals surface area (Å²) in [5, 5.41) is 0. The lowest BCUT2D eigenvalue weighted by molar-refractivity contribution is -0.113. The molecule has 5 nitrogen and oxygen atoms in total. The van der Waals surface area contributed by atoms with Crippen LogP contribution in [0.15, 0.2) is 79.0 Å². The first kappa shape index (κ1) is 15.9. The van der Waals surface area contributed by atoms with Crippen molar-refractivity contribution in [1.82, 2.24) is 4.98 Å². The second-order valence-corrected chi connectivity index (χ2v) is 5.64. The molecule has 2 heterocycles. The molecule has 0 N–H and O–H groups in total. The van der Waals surface area contributed by atoms with Gasteiger partial charge in [-0.3, -0.25) is 9.69 Å². The van der Waals surface area contributed by atoms with Gasteiger partial charge < -0.3 is 9.47 Å². The first-order valence-electron chi connectivity index (χ1n) is 8.19. The van der Waals surface area contributed by atoms with Crippen molar-refractivity contribution in [2.45, 2.75) is 0 Å². The Bertz CT molecular complexity index is 900. The molecule has 3 aromatic rings. The van der Waals surface area contributed by atoms with Gasteiger partial charge in [0.05, 0.1) is 5.69 Å². The monoisotopic (exact) mass is 344 g/mol. The van der Waals surface area contributed by atoms with Crippen LogP contribution in [0.3, 0.4) is 0 Å². The third-order valence-electron chi connectivity index (χ3n) is 3.93. The third kappa shape index (κ3) is 3.28. The zero-order valence-corrected chi connectivity index (χ0v) is 13.9. The highest BCUT2D eigenvalue weighted by Gasteiger charge is 2.17. The van der Waals surface area contributed by atoms with Crippen LogP contribution in [-0.4, -0.2) is 17.7 Å². The molecule has 1 aliphatic heterocycles. The number of ether oxygens (including phenoxy) is 2. The maximum absolute atomic E-state index is 12.9. The number of carbonyl (C=O) groups is 1. The minimum absolute atomic E-state index is 0.187. The third-order valence-corrected chi connectivity index (χ3v) is 3.93. The molecule has 26 heavy (non-hydrogen) atoms. The number of pyridine rings is 1. The summed E-state index contributed by atoms with van der Waals surface area (Å²) >= 11 is 0. The molecule has 0 unspecified atom stereocenters. The summed E-state index contributed by atoms with van der Waals surface area (Å²) in [7, 11) is 0. The topological polar surface area (TPSA) is 51.7 Å². The fourth-order valence-electron chi connectivity index (χ4n) is 2.69. The Hall–Kier alpha value is -3.60. The van der Waals surface area contributed by atoms with Crippen LogP contribution >= 0.6 is 0 Å². The summed E-state index contributed by atoms with van der Waals surface area (Å²) in [6.45, 7) is 0.225. The van der Waals surface area contributed by atoms with E-state index < -0.39 is 0 Å². The van der Waals surface area contributed by atoms with Crippen LogP contribution in [0.1, 0.15) is 5.56 Å². The van der Waals surface area contributed by atoms with Gasteiger partial charge in [-0.25, -0.2) is 4.98 Å². The van der Waals surface area contributed by atoms with Crippen molar-refractivity contribution in [2.75, 3.05) is 11.7 Å². The number of hydrogen-bond donors (Lipinski definition) is 0. The molecule has 0 fully saturated rings. The Kier molecular flexibility index (Phi) is 4.35. The molecule has 0 spiro atoms. The number of benzene rings is 2. The molecule has 1 aliphatic rings. The molecule has 1 aromatic heterocycles. The molecule has 1 amide bonds. The average Bonchev–Trinajstić information content (AvgIpc) is 3.16. The molecule has 0 radical (unpaired) electrons. The van der Waals surface area contributed by atoms with Crippen LogP contribution in [0.2, 0.25) is 0 Å². The molecule has 128 valence electrons. The standard InChI is InChI=1S/C21H16N2O3/c24-21(12-10-16-9-11-18-19(14-16)26-15-25-18)23(17-6-2-1-3-7-17)20-8-4-5-13-22-20/h1-14H,15H2/b12-10+. The number of para-hydroxylation sites is 1. The molecule has 0 atom stereocenters. The first-order chi connectivity index (χ1) is 12.8. The number of hydrogen-bond acceptors (Lipinski definition) is 4. The van der Waals surface area contributed by atoms with Crippen molar-refractivity contribution in [3.8, 4) is 11.5 Å². The van der Waals surface area contributed by atoms with Crippen molar-refractivity contribution in [1.29, 1.82) is 0 Å². The highest BCUT2D eigenvalue weighted by Crippen LogP contribution is 2.33. The fourth-order valence-corrected chi connectivity index (χ4v) is 2.69. The summed E-state index contributed by atoms with van der Waals surface area (Å²) in [5.74, 6) is 1.78. The average molecular weight is 344 g/mol. The lowest BCUT2D eigenvalue weighted by Crippen LogP contribution is -2.24. The highest BCUT2D eigenvalue weighted by molar-refractivity contribution is 6.08. The van der Waals surface area contributed by atoms with Crippen molar-refractivity contribution < 1.29 is 14.3 Å². The van der Waals surface area contributed by atoms with Crippen molar-refractivity contribution in [3.63, 3.8) is 0 Å².